The second-order valence-electron chi connectivity index (χ2n) is 7.37. The normalized spacial score (nSPS) is 11.3. The van der Waals surface area contributed by atoms with Gasteiger partial charge in [0, 0.05) is 11.8 Å². The highest BCUT2D eigenvalue weighted by atomic mass is 16.4. The standard InChI is InChI=1S/C27H18N2O/c1-3-7-19(8-4-1)21-11-13-22(14-12-21)24-18-29-25-17-23(20-9-5-2-6-10-20)15-16-26(25)30-27(29)28-24/h1-18H. The van der Waals surface area contributed by atoms with Crippen LogP contribution in [-0.4, -0.2) is 9.38 Å². The van der Waals surface area contributed by atoms with Crippen molar-refractivity contribution in [3.05, 3.63) is 109 Å². The molecule has 0 amide bonds. The number of benzene rings is 4. The van der Waals surface area contributed by atoms with Gasteiger partial charge >= 0.3 is 5.84 Å². The molecule has 30 heavy (non-hydrogen) atoms. The van der Waals surface area contributed by atoms with Gasteiger partial charge in [-0.05, 0) is 34.4 Å². The number of imidazole rings is 1. The summed E-state index contributed by atoms with van der Waals surface area (Å²) in [5, 5.41) is 0. The molecular weight excluding hydrogens is 368 g/mol. The number of fused-ring (bicyclic) bond motifs is 3. The minimum absolute atomic E-state index is 0.609. The molecular formula is C27H18N2O. The molecule has 0 atom stereocenters. The molecule has 4 aromatic carbocycles. The van der Waals surface area contributed by atoms with Gasteiger partial charge in [-0.15, -0.1) is 0 Å². The van der Waals surface area contributed by atoms with Crippen LogP contribution in [0.15, 0.2) is 114 Å². The number of rotatable bonds is 3. The fraction of sp³-hybridized carbons (Fsp3) is 0. The number of aromatic nitrogens is 2. The fourth-order valence-corrected chi connectivity index (χ4v) is 3.91. The molecule has 6 rings (SSSR count). The van der Waals surface area contributed by atoms with Crippen molar-refractivity contribution in [3.63, 3.8) is 0 Å². The van der Waals surface area contributed by atoms with Gasteiger partial charge in [-0.3, -0.25) is 4.40 Å². The lowest BCUT2D eigenvalue weighted by Gasteiger charge is -2.03. The maximum atomic E-state index is 5.99. The van der Waals surface area contributed by atoms with E-state index in [2.05, 4.69) is 84.9 Å². The first-order valence-corrected chi connectivity index (χ1v) is 9.98. The summed E-state index contributed by atoms with van der Waals surface area (Å²) in [6.45, 7) is 0. The van der Waals surface area contributed by atoms with E-state index in [0.29, 0.717) is 5.84 Å². The zero-order chi connectivity index (χ0) is 19.9. The fourth-order valence-electron chi connectivity index (χ4n) is 3.91. The Kier molecular flexibility index (Phi) is 3.78. The molecule has 0 aliphatic heterocycles. The highest BCUT2D eigenvalue weighted by molar-refractivity contribution is 5.83. The van der Waals surface area contributed by atoms with E-state index in [1.807, 2.05) is 28.8 Å². The van der Waals surface area contributed by atoms with E-state index >= 15 is 0 Å². The topological polar surface area (TPSA) is 30.4 Å². The first kappa shape index (κ1) is 16.8. The zero-order valence-electron chi connectivity index (χ0n) is 16.2. The van der Waals surface area contributed by atoms with Crippen LogP contribution < -0.4 is 0 Å². The van der Waals surface area contributed by atoms with E-state index in [9.17, 15) is 0 Å². The third-order valence-electron chi connectivity index (χ3n) is 5.49. The van der Waals surface area contributed by atoms with Crippen LogP contribution in [-0.2, 0) is 0 Å². The molecule has 142 valence electrons. The highest BCUT2D eigenvalue weighted by Gasteiger charge is 2.13. The molecule has 3 heteroatoms. The van der Waals surface area contributed by atoms with Crippen molar-refractivity contribution < 1.29 is 4.42 Å². The molecule has 2 aromatic heterocycles. The molecule has 0 radical (unpaired) electrons. The molecule has 0 spiro atoms. The summed E-state index contributed by atoms with van der Waals surface area (Å²) in [6, 6.07) is 35.5. The van der Waals surface area contributed by atoms with Crippen LogP contribution >= 0.6 is 0 Å². The van der Waals surface area contributed by atoms with Gasteiger partial charge in [-0.1, -0.05) is 91.0 Å². The van der Waals surface area contributed by atoms with Gasteiger partial charge in [0.2, 0.25) is 0 Å². The minimum atomic E-state index is 0.609. The molecule has 2 heterocycles. The lowest BCUT2D eigenvalue weighted by molar-refractivity contribution is 0.642. The van der Waals surface area contributed by atoms with Crippen molar-refractivity contribution in [2.75, 3.05) is 0 Å². The molecule has 0 saturated heterocycles. The Morgan fingerprint density at radius 3 is 1.83 bits per heavy atom. The van der Waals surface area contributed by atoms with E-state index in [-0.39, 0.29) is 0 Å². The van der Waals surface area contributed by atoms with Crippen LogP contribution in [0.4, 0.5) is 0 Å². The summed E-state index contributed by atoms with van der Waals surface area (Å²) in [6.07, 6.45) is 2.05. The van der Waals surface area contributed by atoms with Gasteiger partial charge in [0.05, 0.1) is 11.2 Å². The van der Waals surface area contributed by atoms with Gasteiger partial charge < -0.3 is 4.42 Å². The van der Waals surface area contributed by atoms with E-state index in [1.54, 1.807) is 0 Å². The molecule has 0 fully saturated rings. The Morgan fingerprint density at radius 2 is 1.13 bits per heavy atom. The number of hydrogen-bond donors (Lipinski definition) is 0. The van der Waals surface area contributed by atoms with E-state index < -0.39 is 0 Å². The zero-order valence-corrected chi connectivity index (χ0v) is 16.2. The predicted molar refractivity (Wildman–Crippen MR) is 121 cm³/mol. The number of oxazole rings is 1. The van der Waals surface area contributed by atoms with Crippen molar-refractivity contribution in [1.82, 2.24) is 9.38 Å². The second-order valence-corrected chi connectivity index (χ2v) is 7.37. The Labute approximate surface area is 173 Å². The summed E-state index contributed by atoms with van der Waals surface area (Å²) in [5.74, 6) is 0.609. The lowest BCUT2D eigenvalue weighted by Crippen LogP contribution is -1.81. The van der Waals surface area contributed by atoms with Gasteiger partial charge in [0.25, 0.3) is 0 Å². The van der Waals surface area contributed by atoms with Crippen molar-refractivity contribution in [1.29, 1.82) is 0 Å². The second kappa shape index (κ2) is 6.75. The molecule has 0 N–H and O–H groups in total. The minimum Gasteiger partial charge on any atom is -0.423 e. The van der Waals surface area contributed by atoms with Crippen LogP contribution in [0, 0.1) is 0 Å². The third kappa shape index (κ3) is 2.80. The van der Waals surface area contributed by atoms with E-state index in [1.165, 1.54) is 16.7 Å². The van der Waals surface area contributed by atoms with Gasteiger partial charge in [0.15, 0.2) is 5.58 Å². The monoisotopic (exact) mass is 386 g/mol. The lowest BCUT2D eigenvalue weighted by atomic mass is 10.0. The third-order valence-corrected chi connectivity index (χ3v) is 5.49. The SMILES string of the molecule is c1ccc(-c2ccc(-c3cn4c(n3)oc3ccc(-c5ccccc5)cc34)cc2)cc1. The Hall–Kier alpha value is -4.11. The van der Waals surface area contributed by atoms with Crippen LogP contribution in [0.3, 0.4) is 0 Å². The van der Waals surface area contributed by atoms with Crippen molar-refractivity contribution in [2.24, 2.45) is 0 Å². The molecule has 6 aromatic rings. The maximum absolute atomic E-state index is 5.99. The molecule has 0 saturated carbocycles. The smallest absolute Gasteiger partial charge is 0.307 e. The van der Waals surface area contributed by atoms with Crippen LogP contribution in [0.25, 0.3) is 50.5 Å². The first-order chi connectivity index (χ1) is 14.8. The average molecular weight is 386 g/mol. The number of nitrogens with zero attached hydrogens (tertiary/aromatic N) is 2. The van der Waals surface area contributed by atoms with Gasteiger partial charge in [0.1, 0.15) is 0 Å². The maximum Gasteiger partial charge on any atom is 0.307 e. The average Bonchev–Trinajstić information content (AvgIpc) is 3.38. The Balaban J connectivity index is 1.41. The Morgan fingerprint density at radius 1 is 0.567 bits per heavy atom. The van der Waals surface area contributed by atoms with E-state index in [0.717, 1.165) is 27.9 Å². The summed E-state index contributed by atoms with van der Waals surface area (Å²) in [5.41, 5.74) is 8.58. The summed E-state index contributed by atoms with van der Waals surface area (Å²) < 4.78 is 8.02. The molecule has 0 aliphatic rings. The highest BCUT2D eigenvalue weighted by Crippen LogP contribution is 2.30. The van der Waals surface area contributed by atoms with Gasteiger partial charge in [-0.25, -0.2) is 0 Å². The van der Waals surface area contributed by atoms with E-state index in [4.69, 9.17) is 9.40 Å². The Bertz CT molecular complexity index is 1460. The van der Waals surface area contributed by atoms with Crippen LogP contribution in [0.5, 0.6) is 0 Å². The van der Waals surface area contributed by atoms with Gasteiger partial charge in [-0.2, -0.15) is 4.98 Å². The largest absolute Gasteiger partial charge is 0.423 e. The van der Waals surface area contributed by atoms with Crippen molar-refractivity contribution >= 4 is 16.9 Å². The number of hydrogen-bond acceptors (Lipinski definition) is 2. The quantitative estimate of drug-likeness (QED) is 0.325. The van der Waals surface area contributed by atoms with Crippen molar-refractivity contribution in [2.45, 2.75) is 0 Å². The molecule has 0 bridgehead atoms. The summed E-state index contributed by atoms with van der Waals surface area (Å²) in [4.78, 5) is 4.72. The summed E-state index contributed by atoms with van der Waals surface area (Å²) >= 11 is 0. The molecule has 0 unspecified atom stereocenters. The molecule has 0 aliphatic carbocycles. The van der Waals surface area contributed by atoms with Crippen LogP contribution in [0.1, 0.15) is 0 Å². The summed E-state index contributed by atoms with van der Waals surface area (Å²) in [7, 11) is 0. The van der Waals surface area contributed by atoms with Crippen LogP contribution in [0.2, 0.25) is 0 Å². The first-order valence-electron chi connectivity index (χ1n) is 9.98. The molecule has 3 nitrogen and oxygen atoms in total. The van der Waals surface area contributed by atoms with Crippen molar-refractivity contribution in [3.8, 4) is 33.5 Å². The predicted octanol–water partition coefficient (Wildman–Crippen LogP) is 7.08.